The molecule has 0 spiro atoms. The van der Waals surface area contributed by atoms with Crippen LogP contribution in [0.2, 0.25) is 19.6 Å². The molecule has 126 valence electrons. The summed E-state index contributed by atoms with van der Waals surface area (Å²) in [6.45, 7) is 6.50. The van der Waals surface area contributed by atoms with E-state index in [1.807, 2.05) is 31.4 Å². The quantitative estimate of drug-likeness (QED) is 0.503. The lowest BCUT2D eigenvalue weighted by Crippen LogP contribution is -2.16. The maximum atomic E-state index is 14.7. The lowest BCUT2D eigenvalue weighted by atomic mass is 10.0. The molecule has 0 atom stereocenters. The van der Waals surface area contributed by atoms with Crippen molar-refractivity contribution in [3.05, 3.63) is 60.3 Å². The minimum atomic E-state index is -1.49. The summed E-state index contributed by atoms with van der Waals surface area (Å²) in [7, 11) is 0.343. The van der Waals surface area contributed by atoms with Crippen LogP contribution in [0.4, 0.5) is 4.39 Å². The van der Waals surface area contributed by atoms with Gasteiger partial charge in [0, 0.05) is 42.3 Å². The summed E-state index contributed by atoms with van der Waals surface area (Å²) in [5.41, 5.74) is 6.90. The highest BCUT2D eigenvalue weighted by molar-refractivity contribution is 6.83. The summed E-state index contributed by atoms with van der Waals surface area (Å²) in [5, 5.41) is 4.46. The molecule has 0 fully saturated rings. The maximum absolute atomic E-state index is 14.7. The van der Waals surface area contributed by atoms with Crippen LogP contribution in [0.25, 0.3) is 22.4 Å². The maximum Gasteiger partial charge on any atom is 0.133 e. The van der Waals surface area contributed by atoms with Gasteiger partial charge < -0.3 is 0 Å². The van der Waals surface area contributed by atoms with Crippen molar-refractivity contribution in [3.63, 3.8) is 0 Å². The van der Waals surface area contributed by atoms with E-state index in [2.05, 4.69) is 41.2 Å². The topological polar surface area (TPSA) is 30.7 Å². The highest BCUT2D eigenvalue weighted by Crippen LogP contribution is 2.32. The minimum Gasteiger partial charge on any atom is -0.275 e. The number of nitrogens with zero attached hydrogens (tertiary/aromatic N) is 3. The standard InChI is InChI=1S/C20H20FN3Si/c1-24-14-18(16-7-10-22-11-8-16)20(23-24)17-6-5-15(13-19(17)21)9-12-25(2,3)4/h5-8,10-11,13-14H,1-4H3. The average Bonchev–Trinajstić information content (AvgIpc) is 2.95. The molecule has 3 rings (SSSR count). The highest BCUT2D eigenvalue weighted by atomic mass is 28.3. The predicted octanol–water partition coefficient (Wildman–Crippen LogP) is 4.52. The van der Waals surface area contributed by atoms with Crippen molar-refractivity contribution in [2.24, 2.45) is 7.05 Å². The van der Waals surface area contributed by atoms with Gasteiger partial charge in [0.2, 0.25) is 0 Å². The fourth-order valence-corrected chi connectivity index (χ4v) is 2.99. The molecule has 2 heterocycles. The third kappa shape index (κ3) is 4.04. The third-order valence-corrected chi connectivity index (χ3v) is 4.50. The fraction of sp³-hybridized carbons (Fsp3) is 0.200. The van der Waals surface area contributed by atoms with Crippen LogP contribution in [-0.4, -0.2) is 22.8 Å². The SMILES string of the molecule is Cn1cc(-c2ccncc2)c(-c2ccc(C#C[Si](C)(C)C)cc2F)n1. The Morgan fingerprint density at radius 1 is 1.04 bits per heavy atom. The van der Waals surface area contributed by atoms with Crippen LogP contribution in [0.3, 0.4) is 0 Å². The van der Waals surface area contributed by atoms with Gasteiger partial charge in [0.05, 0.1) is 0 Å². The van der Waals surface area contributed by atoms with Crippen molar-refractivity contribution in [3.8, 4) is 33.8 Å². The van der Waals surface area contributed by atoms with E-state index in [1.165, 1.54) is 6.07 Å². The normalized spacial score (nSPS) is 11.1. The smallest absolute Gasteiger partial charge is 0.133 e. The molecular weight excluding hydrogens is 329 g/mol. The van der Waals surface area contributed by atoms with Gasteiger partial charge in [-0.25, -0.2) is 4.39 Å². The van der Waals surface area contributed by atoms with Gasteiger partial charge in [-0.3, -0.25) is 9.67 Å². The predicted molar refractivity (Wildman–Crippen MR) is 102 cm³/mol. The average molecular weight is 349 g/mol. The van der Waals surface area contributed by atoms with Gasteiger partial charge in [0.15, 0.2) is 0 Å². The fourth-order valence-electron chi connectivity index (χ4n) is 2.47. The Kier molecular flexibility index (Phi) is 4.56. The van der Waals surface area contributed by atoms with E-state index in [4.69, 9.17) is 0 Å². The minimum absolute atomic E-state index is 0.309. The summed E-state index contributed by atoms with van der Waals surface area (Å²) >= 11 is 0. The Bertz CT molecular complexity index is 960. The van der Waals surface area contributed by atoms with Gasteiger partial charge in [-0.05, 0) is 35.9 Å². The molecule has 3 aromatic rings. The number of pyridine rings is 1. The lowest BCUT2D eigenvalue weighted by Gasteiger charge is -2.06. The summed E-state index contributed by atoms with van der Waals surface area (Å²) < 4.78 is 16.4. The number of benzene rings is 1. The molecule has 0 bridgehead atoms. The molecule has 0 N–H and O–H groups in total. The molecule has 3 nitrogen and oxygen atoms in total. The van der Waals surface area contributed by atoms with Crippen molar-refractivity contribution in [1.82, 2.24) is 14.8 Å². The van der Waals surface area contributed by atoms with Crippen LogP contribution in [0.5, 0.6) is 0 Å². The monoisotopic (exact) mass is 349 g/mol. The van der Waals surface area contributed by atoms with E-state index in [0.717, 1.165) is 11.1 Å². The van der Waals surface area contributed by atoms with E-state index in [1.54, 1.807) is 23.1 Å². The van der Waals surface area contributed by atoms with Crippen molar-refractivity contribution < 1.29 is 4.39 Å². The molecule has 0 aliphatic carbocycles. The molecule has 0 saturated carbocycles. The van der Waals surface area contributed by atoms with Crippen LogP contribution >= 0.6 is 0 Å². The van der Waals surface area contributed by atoms with E-state index < -0.39 is 8.07 Å². The van der Waals surface area contributed by atoms with Crippen LogP contribution in [0.15, 0.2) is 48.9 Å². The number of hydrogen-bond acceptors (Lipinski definition) is 2. The Labute approximate surface area is 148 Å². The molecule has 0 aliphatic heterocycles. The molecule has 0 aliphatic rings. The molecule has 0 saturated heterocycles. The van der Waals surface area contributed by atoms with Crippen molar-refractivity contribution in [1.29, 1.82) is 0 Å². The van der Waals surface area contributed by atoms with Gasteiger partial charge >= 0.3 is 0 Å². The molecule has 0 amide bonds. The van der Waals surface area contributed by atoms with Crippen LogP contribution in [-0.2, 0) is 7.05 Å². The van der Waals surface area contributed by atoms with Gasteiger partial charge in [-0.2, -0.15) is 5.10 Å². The number of hydrogen-bond donors (Lipinski definition) is 0. The second kappa shape index (κ2) is 6.65. The second-order valence-corrected chi connectivity index (χ2v) is 11.7. The third-order valence-electron chi connectivity index (χ3n) is 3.63. The summed E-state index contributed by atoms with van der Waals surface area (Å²) in [5.74, 6) is 2.78. The van der Waals surface area contributed by atoms with E-state index >= 15 is 0 Å². The first-order chi connectivity index (χ1) is 11.8. The number of halogens is 1. The molecule has 5 heteroatoms. The molecule has 0 unspecified atom stereocenters. The van der Waals surface area contributed by atoms with Gasteiger partial charge in [-0.15, -0.1) is 5.54 Å². The molecule has 1 aromatic carbocycles. The Balaban J connectivity index is 2.05. The van der Waals surface area contributed by atoms with Crippen molar-refractivity contribution in [2.75, 3.05) is 0 Å². The molecule has 0 radical (unpaired) electrons. The van der Waals surface area contributed by atoms with E-state index in [-0.39, 0.29) is 5.82 Å². The van der Waals surface area contributed by atoms with Gasteiger partial charge in [0.25, 0.3) is 0 Å². The zero-order chi connectivity index (χ0) is 18.0. The molecule has 25 heavy (non-hydrogen) atoms. The first-order valence-corrected chi connectivity index (χ1v) is 11.6. The summed E-state index contributed by atoms with van der Waals surface area (Å²) in [6.07, 6.45) is 5.33. The lowest BCUT2D eigenvalue weighted by molar-refractivity contribution is 0.629. The van der Waals surface area contributed by atoms with Crippen molar-refractivity contribution in [2.45, 2.75) is 19.6 Å². The van der Waals surface area contributed by atoms with Crippen molar-refractivity contribution >= 4 is 8.07 Å². The van der Waals surface area contributed by atoms with Crippen LogP contribution < -0.4 is 0 Å². The summed E-state index contributed by atoms with van der Waals surface area (Å²) in [4.78, 5) is 4.04. The Morgan fingerprint density at radius 2 is 1.76 bits per heavy atom. The Hall–Kier alpha value is -2.71. The molecule has 2 aromatic heterocycles. The first-order valence-electron chi connectivity index (χ1n) is 8.11. The Morgan fingerprint density at radius 3 is 2.40 bits per heavy atom. The first kappa shape index (κ1) is 17.1. The number of aromatic nitrogens is 3. The van der Waals surface area contributed by atoms with Gasteiger partial charge in [-0.1, -0.05) is 25.6 Å². The zero-order valence-corrected chi connectivity index (χ0v) is 15.8. The summed E-state index contributed by atoms with van der Waals surface area (Å²) in [6, 6.07) is 8.90. The van der Waals surface area contributed by atoms with Crippen LogP contribution in [0, 0.1) is 17.3 Å². The van der Waals surface area contributed by atoms with E-state index in [0.29, 0.717) is 16.8 Å². The zero-order valence-electron chi connectivity index (χ0n) is 14.8. The second-order valence-electron chi connectivity index (χ2n) is 7.00. The number of rotatable bonds is 2. The largest absolute Gasteiger partial charge is 0.275 e. The number of aryl methyl sites for hydroxylation is 1. The van der Waals surface area contributed by atoms with E-state index in [9.17, 15) is 4.39 Å². The highest BCUT2D eigenvalue weighted by Gasteiger charge is 2.16. The van der Waals surface area contributed by atoms with Crippen LogP contribution in [0.1, 0.15) is 5.56 Å². The molecular formula is C20H20FN3Si. The van der Waals surface area contributed by atoms with Gasteiger partial charge in [0.1, 0.15) is 19.6 Å².